The number of ether oxygens (including phenoxy) is 1. The van der Waals surface area contributed by atoms with Gasteiger partial charge in [0, 0.05) is 13.1 Å². The molecule has 12 heteroatoms. The Bertz CT molecular complexity index is 1150. The first-order valence-corrected chi connectivity index (χ1v) is 11.5. The zero-order chi connectivity index (χ0) is 26.6. The fourth-order valence-electron chi connectivity index (χ4n) is 4.01. The van der Waals surface area contributed by atoms with Crippen molar-refractivity contribution >= 4 is 34.6 Å². The minimum Gasteiger partial charge on any atom is -0.397 e. The van der Waals surface area contributed by atoms with E-state index < -0.39 is 30.6 Å². The summed E-state index contributed by atoms with van der Waals surface area (Å²) in [6.07, 6.45) is -5.09. The molecule has 1 aromatic carbocycles. The number of hydrogen-bond donors (Lipinski definition) is 3. The quantitative estimate of drug-likeness (QED) is 0.533. The van der Waals surface area contributed by atoms with Gasteiger partial charge >= 0.3 is 6.18 Å². The van der Waals surface area contributed by atoms with Crippen molar-refractivity contribution in [2.24, 2.45) is 0 Å². The molecule has 2 aliphatic rings. The summed E-state index contributed by atoms with van der Waals surface area (Å²) in [6, 6.07) is 6.81. The van der Waals surface area contributed by atoms with Gasteiger partial charge in [-0.3, -0.25) is 14.6 Å². The first-order chi connectivity index (χ1) is 17.0. The molecule has 2 aliphatic heterocycles. The monoisotopic (exact) mass is 506 g/mol. The highest BCUT2D eigenvalue weighted by Gasteiger charge is 2.44. The second-order valence-corrected chi connectivity index (χ2v) is 8.15. The Morgan fingerprint density at radius 1 is 1.33 bits per heavy atom. The van der Waals surface area contributed by atoms with E-state index in [0.717, 1.165) is 4.90 Å². The number of nitrogens with one attached hydrogen (secondary N) is 2. The number of nitrogens with two attached hydrogens (primary N) is 1. The number of carbonyl (C=O) groups excluding carboxylic acids is 2. The van der Waals surface area contributed by atoms with Crippen LogP contribution in [0.1, 0.15) is 42.4 Å². The van der Waals surface area contributed by atoms with Crippen LogP contribution in [0.2, 0.25) is 0 Å². The topological polar surface area (TPSA) is 125 Å². The van der Waals surface area contributed by atoms with Crippen molar-refractivity contribution in [3.63, 3.8) is 0 Å². The normalized spacial score (nSPS) is 17.3. The van der Waals surface area contributed by atoms with Crippen LogP contribution in [0.4, 0.5) is 30.2 Å². The largest absolute Gasteiger partial charge is 0.416 e. The molecule has 2 amide bonds. The molecule has 0 radical (unpaired) electrons. The lowest BCUT2D eigenvalue weighted by Gasteiger charge is -2.34. The average molecular weight is 507 g/mol. The SMILES string of the molecule is CC.CC(=N)c1ncc(Nc2cccc3c2C(=O)N(CC(=O)N2CCOC(C(F)(F)F)C2)C3)cc1N. The Kier molecular flexibility index (Phi) is 8.18. The lowest BCUT2D eigenvalue weighted by Crippen LogP contribution is -2.53. The van der Waals surface area contributed by atoms with E-state index in [1.54, 1.807) is 31.2 Å². The highest BCUT2D eigenvalue weighted by molar-refractivity contribution is 6.05. The molecule has 1 atom stereocenters. The maximum atomic E-state index is 13.1. The minimum atomic E-state index is -4.56. The number of carbonyl (C=O) groups is 2. The highest BCUT2D eigenvalue weighted by atomic mass is 19.4. The van der Waals surface area contributed by atoms with Crippen molar-refractivity contribution in [2.75, 3.05) is 37.3 Å². The molecule has 3 heterocycles. The lowest BCUT2D eigenvalue weighted by atomic mass is 10.1. The smallest absolute Gasteiger partial charge is 0.397 e. The van der Waals surface area contributed by atoms with Crippen LogP contribution in [-0.2, 0) is 16.1 Å². The Balaban J connectivity index is 0.00000176. The van der Waals surface area contributed by atoms with E-state index in [4.69, 9.17) is 15.9 Å². The summed E-state index contributed by atoms with van der Waals surface area (Å²) in [5, 5.41) is 10.8. The van der Waals surface area contributed by atoms with Crippen LogP contribution in [0, 0.1) is 5.41 Å². The molecule has 4 rings (SSSR count). The summed E-state index contributed by atoms with van der Waals surface area (Å²) in [5.41, 5.74) is 8.92. The standard InChI is InChI=1S/C22H23F3N6O3.C2H6/c1-12(26)20-15(27)7-14(8-28-20)29-16-4-2-3-13-9-31(21(33)19(13)16)11-18(32)30-5-6-34-17(10-30)22(23,24)25;1-2/h2-4,7-8,17,26,29H,5-6,9-11,27H2,1H3;1-2H3. The maximum Gasteiger partial charge on any atom is 0.416 e. The number of fused-ring (bicyclic) bond motifs is 1. The zero-order valence-electron chi connectivity index (χ0n) is 20.3. The number of nitrogen functional groups attached to an aromatic ring is 1. The molecular weight excluding hydrogens is 477 g/mol. The molecule has 1 unspecified atom stereocenters. The minimum absolute atomic E-state index is 0.0346. The van der Waals surface area contributed by atoms with Gasteiger partial charge in [0.25, 0.3) is 5.91 Å². The third-order valence-electron chi connectivity index (χ3n) is 5.67. The van der Waals surface area contributed by atoms with Gasteiger partial charge in [0.15, 0.2) is 6.10 Å². The Hall–Kier alpha value is -3.67. The van der Waals surface area contributed by atoms with Crippen LogP contribution in [0.3, 0.4) is 0 Å². The van der Waals surface area contributed by atoms with Gasteiger partial charge < -0.3 is 31.0 Å². The van der Waals surface area contributed by atoms with Gasteiger partial charge in [0.05, 0.1) is 47.7 Å². The Labute approximate surface area is 206 Å². The molecular formula is C24H29F3N6O3. The lowest BCUT2D eigenvalue weighted by molar-refractivity contribution is -0.236. The van der Waals surface area contributed by atoms with Crippen LogP contribution in [0.5, 0.6) is 0 Å². The van der Waals surface area contributed by atoms with Gasteiger partial charge in [0.2, 0.25) is 5.91 Å². The fourth-order valence-corrected chi connectivity index (χ4v) is 4.01. The van der Waals surface area contributed by atoms with Crippen LogP contribution in [0.25, 0.3) is 0 Å². The highest BCUT2D eigenvalue weighted by Crippen LogP contribution is 2.32. The van der Waals surface area contributed by atoms with Crippen LogP contribution in [0.15, 0.2) is 30.5 Å². The van der Waals surface area contributed by atoms with E-state index >= 15 is 0 Å². The summed E-state index contributed by atoms with van der Waals surface area (Å²) in [7, 11) is 0. The van der Waals surface area contributed by atoms with Crippen molar-refractivity contribution in [1.82, 2.24) is 14.8 Å². The molecule has 1 fully saturated rings. The number of benzene rings is 1. The summed E-state index contributed by atoms with van der Waals surface area (Å²) in [4.78, 5) is 32.3. The Morgan fingerprint density at radius 3 is 2.69 bits per heavy atom. The number of rotatable bonds is 5. The number of anilines is 3. The van der Waals surface area contributed by atoms with E-state index in [1.165, 1.54) is 11.1 Å². The summed E-state index contributed by atoms with van der Waals surface area (Å²) >= 11 is 0. The molecule has 36 heavy (non-hydrogen) atoms. The van der Waals surface area contributed by atoms with E-state index in [2.05, 4.69) is 10.3 Å². The summed E-state index contributed by atoms with van der Waals surface area (Å²) in [6.45, 7) is 4.63. The average Bonchev–Trinajstić information content (AvgIpc) is 3.15. The van der Waals surface area contributed by atoms with Gasteiger partial charge in [-0.05, 0) is 24.6 Å². The number of halogens is 3. The maximum absolute atomic E-state index is 13.1. The van der Waals surface area contributed by atoms with Gasteiger partial charge in [-0.25, -0.2) is 0 Å². The van der Waals surface area contributed by atoms with Crippen molar-refractivity contribution in [2.45, 2.75) is 39.6 Å². The number of morpholine rings is 1. The van der Waals surface area contributed by atoms with Gasteiger partial charge in [-0.15, -0.1) is 0 Å². The predicted octanol–water partition coefficient (Wildman–Crippen LogP) is 3.57. The zero-order valence-corrected chi connectivity index (χ0v) is 20.3. The van der Waals surface area contributed by atoms with Crippen LogP contribution < -0.4 is 11.1 Å². The number of pyridine rings is 1. The van der Waals surface area contributed by atoms with E-state index in [9.17, 15) is 22.8 Å². The van der Waals surface area contributed by atoms with Crippen molar-refractivity contribution in [3.05, 3.63) is 47.3 Å². The van der Waals surface area contributed by atoms with Gasteiger partial charge in [-0.1, -0.05) is 26.0 Å². The first-order valence-electron chi connectivity index (χ1n) is 11.5. The predicted molar refractivity (Wildman–Crippen MR) is 129 cm³/mol. The third-order valence-corrected chi connectivity index (χ3v) is 5.67. The molecule has 2 aromatic rings. The van der Waals surface area contributed by atoms with E-state index in [-0.39, 0.29) is 32.0 Å². The second kappa shape index (κ2) is 10.9. The Morgan fingerprint density at radius 2 is 2.06 bits per heavy atom. The molecule has 1 aromatic heterocycles. The number of alkyl halides is 3. The number of hydrogen-bond acceptors (Lipinski definition) is 7. The molecule has 0 aliphatic carbocycles. The third kappa shape index (κ3) is 5.76. The molecule has 1 saturated heterocycles. The molecule has 4 N–H and O–H groups in total. The fraction of sp³-hybridized carbons (Fsp3) is 0.417. The number of nitrogens with zero attached hydrogens (tertiary/aromatic N) is 3. The molecule has 0 bridgehead atoms. The molecule has 9 nitrogen and oxygen atoms in total. The summed E-state index contributed by atoms with van der Waals surface area (Å²) in [5.74, 6) is -0.970. The van der Waals surface area contributed by atoms with Gasteiger partial charge in [0.1, 0.15) is 12.2 Å². The van der Waals surface area contributed by atoms with Crippen LogP contribution in [-0.4, -0.2) is 70.8 Å². The van der Waals surface area contributed by atoms with Gasteiger partial charge in [-0.2, -0.15) is 13.2 Å². The molecule has 0 saturated carbocycles. The van der Waals surface area contributed by atoms with Crippen molar-refractivity contribution in [3.8, 4) is 0 Å². The molecule has 0 spiro atoms. The molecule has 194 valence electrons. The second-order valence-electron chi connectivity index (χ2n) is 8.15. The number of aromatic nitrogens is 1. The first kappa shape index (κ1) is 26.9. The van der Waals surface area contributed by atoms with E-state index in [0.29, 0.717) is 33.9 Å². The van der Waals surface area contributed by atoms with Crippen molar-refractivity contribution < 1.29 is 27.5 Å². The summed E-state index contributed by atoms with van der Waals surface area (Å²) < 4.78 is 43.7. The van der Waals surface area contributed by atoms with E-state index in [1.807, 2.05) is 13.8 Å². The number of amides is 2. The van der Waals surface area contributed by atoms with Crippen molar-refractivity contribution in [1.29, 1.82) is 5.41 Å². The van der Waals surface area contributed by atoms with Crippen LogP contribution >= 0.6 is 0 Å².